The average molecular weight is 278 g/mol. The quantitative estimate of drug-likeness (QED) is 0.843. The lowest BCUT2D eigenvalue weighted by Crippen LogP contribution is -2.33. The number of hydrogen-bond acceptors (Lipinski definition) is 4. The molecule has 1 aromatic heterocycles. The van der Waals surface area contributed by atoms with Crippen LogP contribution in [0.3, 0.4) is 0 Å². The van der Waals surface area contributed by atoms with Crippen molar-refractivity contribution in [2.45, 2.75) is 13.0 Å². The van der Waals surface area contributed by atoms with Crippen molar-refractivity contribution in [2.24, 2.45) is 0 Å². The molecule has 0 saturated heterocycles. The van der Waals surface area contributed by atoms with Gasteiger partial charge in [0.15, 0.2) is 11.6 Å². The van der Waals surface area contributed by atoms with Crippen LogP contribution in [0.1, 0.15) is 39.5 Å². The van der Waals surface area contributed by atoms with Gasteiger partial charge < -0.3 is 0 Å². The molecule has 1 aliphatic heterocycles. The number of imide groups is 1. The number of carbonyl (C=O) groups is 2. The maximum Gasteiger partial charge on any atom is 0.262 e. The molecule has 1 aliphatic rings. The third-order valence-corrected chi connectivity index (χ3v) is 3.18. The van der Waals surface area contributed by atoms with Crippen molar-refractivity contribution in [3.8, 4) is 0 Å². The van der Waals surface area contributed by atoms with E-state index in [4.69, 9.17) is 0 Å². The molecule has 0 radical (unpaired) electrons. The molecule has 1 unspecified atom stereocenters. The van der Waals surface area contributed by atoms with Crippen molar-refractivity contribution in [3.05, 3.63) is 47.0 Å². The number of H-pyrrole nitrogens is 1. The molecule has 102 valence electrons. The lowest BCUT2D eigenvalue weighted by molar-refractivity contribution is 0.0589. The molecular formula is C12H8F2N4O2. The molecular weight excluding hydrogens is 270 g/mol. The van der Waals surface area contributed by atoms with E-state index in [0.717, 1.165) is 17.0 Å². The summed E-state index contributed by atoms with van der Waals surface area (Å²) in [5.41, 5.74) is -0.305. The summed E-state index contributed by atoms with van der Waals surface area (Å²) >= 11 is 0. The SMILES string of the molecule is CC(c1ncn[nH]1)N1C(=O)c2cc(F)c(F)cc2C1=O. The molecule has 1 aromatic carbocycles. The summed E-state index contributed by atoms with van der Waals surface area (Å²) in [6.07, 6.45) is 1.24. The second-order valence-corrected chi connectivity index (χ2v) is 4.34. The minimum absolute atomic E-state index is 0.153. The largest absolute Gasteiger partial charge is 0.269 e. The molecule has 2 aromatic rings. The summed E-state index contributed by atoms with van der Waals surface area (Å²) in [4.78, 5) is 29.1. The maximum atomic E-state index is 13.2. The van der Waals surface area contributed by atoms with E-state index in [1.807, 2.05) is 0 Å². The van der Waals surface area contributed by atoms with Gasteiger partial charge in [0.05, 0.1) is 17.2 Å². The van der Waals surface area contributed by atoms with Gasteiger partial charge in [-0.3, -0.25) is 19.6 Å². The number of fused-ring (bicyclic) bond motifs is 1. The van der Waals surface area contributed by atoms with Crippen LogP contribution in [0.2, 0.25) is 0 Å². The van der Waals surface area contributed by atoms with Crippen molar-refractivity contribution in [3.63, 3.8) is 0 Å². The van der Waals surface area contributed by atoms with Crippen molar-refractivity contribution < 1.29 is 18.4 Å². The van der Waals surface area contributed by atoms with E-state index in [0.29, 0.717) is 5.82 Å². The normalized spacial score (nSPS) is 15.7. The average Bonchev–Trinajstić information content (AvgIpc) is 3.01. The van der Waals surface area contributed by atoms with Gasteiger partial charge in [0.25, 0.3) is 11.8 Å². The number of halogens is 2. The number of rotatable bonds is 2. The first-order chi connectivity index (χ1) is 9.50. The topological polar surface area (TPSA) is 79.0 Å². The molecule has 0 spiro atoms. The first-order valence-corrected chi connectivity index (χ1v) is 5.73. The summed E-state index contributed by atoms with van der Waals surface area (Å²) in [6, 6.07) is 0.756. The van der Waals surface area contributed by atoms with Crippen LogP contribution < -0.4 is 0 Å². The van der Waals surface area contributed by atoms with Crippen molar-refractivity contribution >= 4 is 11.8 Å². The molecule has 1 N–H and O–H groups in total. The molecule has 20 heavy (non-hydrogen) atoms. The van der Waals surface area contributed by atoms with Crippen molar-refractivity contribution in [1.82, 2.24) is 20.1 Å². The standard InChI is InChI=1S/C12H8F2N4O2/c1-5(10-15-4-16-17-10)18-11(19)6-2-8(13)9(14)3-7(6)12(18)20/h2-5H,1H3,(H,15,16,17). The molecule has 0 saturated carbocycles. The van der Waals surface area contributed by atoms with E-state index in [2.05, 4.69) is 15.2 Å². The second-order valence-electron chi connectivity index (χ2n) is 4.34. The molecule has 0 bridgehead atoms. The third-order valence-electron chi connectivity index (χ3n) is 3.18. The molecule has 2 heterocycles. The fourth-order valence-electron chi connectivity index (χ4n) is 2.14. The molecule has 1 atom stereocenters. The monoisotopic (exact) mass is 278 g/mol. The van der Waals surface area contributed by atoms with Crippen LogP contribution >= 0.6 is 0 Å². The summed E-state index contributed by atoms with van der Waals surface area (Å²) in [7, 11) is 0. The lowest BCUT2D eigenvalue weighted by atomic mass is 10.1. The molecule has 3 rings (SSSR count). The summed E-state index contributed by atoms with van der Waals surface area (Å²) in [5, 5.41) is 6.19. The van der Waals surface area contributed by atoms with E-state index in [9.17, 15) is 18.4 Å². The summed E-state index contributed by atoms with van der Waals surface area (Å²) < 4.78 is 26.4. The maximum absolute atomic E-state index is 13.2. The van der Waals surface area contributed by atoms with E-state index in [1.165, 1.54) is 6.33 Å². The van der Waals surface area contributed by atoms with Gasteiger partial charge in [-0.1, -0.05) is 0 Å². The van der Waals surface area contributed by atoms with E-state index in [1.54, 1.807) is 6.92 Å². The number of aromatic nitrogens is 3. The first-order valence-electron chi connectivity index (χ1n) is 5.73. The van der Waals surface area contributed by atoms with Gasteiger partial charge >= 0.3 is 0 Å². The van der Waals surface area contributed by atoms with Gasteiger partial charge in [-0.25, -0.2) is 13.8 Å². The Morgan fingerprint density at radius 1 is 1.15 bits per heavy atom. The third kappa shape index (κ3) is 1.61. The van der Waals surface area contributed by atoms with E-state index < -0.39 is 29.5 Å². The fourth-order valence-corrected chi connectivity index (χ4v) is 2.14. The lowest BCUT2D eigenvalue weighted by Gasteiger charge is -2.19. The first kappa shape index (κ1) is 12.4. The molecule has 8 heteroatoms. The number of nitrogens with zero attached hydrogens (tertiary/aromatic N) is 3. The van der Waals surface area contributed by atoms with Crippen LogP contribution in [-0.4, -0.2) is 31.9 Å². The Balaban J connectivity index is 2.05. The summed E-state index contributed by atoms with van der Waals surface area (Å²) in [5.74, 6) is -3.40. The number of aromatic amines is 1. The predicted octanol–water partition coefficient (Wildman–Crippen LogP) is 1.44. The molecule has 6 nitrogen and oxygen atoms in total. The zero-order valence-electron chi connectivity index (χ0n) is 10.2. The highest BCUT2D eigenvalue weighted by Crippen LogP contribution is 2.30. The van der Waals surface area contributed by atoms with Gasteiger partial charge in [-0.2, -0.15) is 5.10 Å². The van der Waals surface area contributed by atoms with Gasteiger partial charge in [0, 0.05) is 0 Å². The zero-order valence-corrected chi connectivity index (χ0v) is 10.2. The Hall–Kier alpha value is -2.64. The Morgan fingerprint density at radius 2 is 1.70 bits per heavy atom. The van der Waals surface area contributed by atoms with Gasteiger partial charge in [-0.15, -0.1) is 0 Å². The zero-order chi connectivity index (χ0) is 14.4. The Kier molecular flexibility index (Phi) is 2.60. The van der Waals surface area contributed by atoms with Gasteiger partial charge in [0.2, 0.25) is 0 Å². The van der Waals surface area contributed by atoms with Gasteiger partial charge in [-0.05, 0) is 19.1 Å². The minimum atomic E-state index is -1.17. The van der Waals surface area contributed by atoms with E-state index >= 15 is 0 Å². The summed E-state index contributed by atoms with van der Waals surface area (Å²) in [6.45, 7) is 1.56. The van der Waals surface area contributed by atoms with Crippen LogP contribution in [0, 0.1) is 11.6 Å². The Bertz CT molecular complexity index is 673. The highest BCUT2D eigenvalue weighted by atomic mass is 19.2. The molecule has 0 aliphatic carbocycles. The predicted molar refractivity (Wildman–Crippen MR) is 61.7 cm³/mol. The van der Waals surface area contributed by atoms with E-state index in [-0.39, 0.29) is 11.1 Å². The number of benzene rings is 1. The number of amides is 2. The second kappa shape index (κ2) is 4.19. The Morgan fingerprint density at radius 3 is 2.15 bits per heavy atom. The smallest absolute Gasteiger partial charge is 0.262 e. The van der Waals surface area contributed by atoms with Crippen molar-refractivity contribution in [1.29, 1.82) is 0 Å². The van der Waals surface area contributed by atoms with Crippen LogP contribution in [-0.2, 0) is 0 Å². The van der Waals surface area contributed by atoms with Crippen LogP contribution in [0.4, 0.5) is 8.78 Å². The minimum Gasteiger partial charge on any atom is -0.269 e. The molecule has 0 fully saturated rings. The van der Waals surface area contributed by atoms with Crippen molar-refractivity contribution in [2.75, 3.05) is 0 Å². The van der Waals surface area contributed by atoms with Crippen LogP contribution in [0.15, 0.2) is 18.5 Å². The number of carbonyl (C=O) groups excluding carboxylic acids is 2. The number of nitrogens with one attached hydrogen (secondary N) is 1. The van der Waals surface area contributed by atoms with Gasteiger partial charge in [0.1, 0.15) is 12.2 Å². The molecule has 2 amide bonds. The van der Waals surface area contributed by atoms with Crippen LogP contribution in [0.25, 0.3) is 0 Å². The fraction of sp³-hybridized carbons (Fsp3) is 0.167. The number of hydrogen-bond donors (Lipinski definition) is 1. The van der Waals surface area contributed by atoms with Crippen LogP contribution in [0.5, 0.6) is 0 Å². The highest BCUT2D eigenvalue weighted by molar-refractivity contribution is 6.21. The highest BCUT2D eigenvalue weighted by Gasteiger charge is 2.40. The Labute approximate surface area is 111 Å².